The van der Waals surface area contributed by atoms with Crippen LogP contribution in [0.3, 0.4) is 0 Å². The second-order valence-electron chi connectivity index (χ2n) is 7.45. The third-order valence-electron chi connectivity index (χ3n) is 5.29. The lowest BCUT2D eigenvalue weighted by atomic mass is 10.2. The Morgan fingerprint density at radius 2 is 1.58 bits per heavy atom. The minimum Gasteiger partial charge on any atom is -0.324 e. The van der Waals surface area contributed by atoms with E-state index in [1.54, 1.807) is 62.6 Å². The number of para-hydroxylation sites is 1. The number of carbonyl (C=O) groups excluding carboxylic acids is 1. The van der Waals surface area contributed by atoms with Crippen LogP contribution in [0.4, 0.5) is 11.4 Å². The Morgan fingerprint density at radius 3 is 2.24 bits per heavy atom. The number of hydrogen-bond donors (Lipinski definition) is 1. The molecule has 8 nitrogen and oxygen atoms in total. The molecule has 0 fully saturated rings. The first-order chi connectivity index (χ1) is 15.7. The Kier molecular flexibility index (Phi) is 6.01. The highest BCUT2D eigenvalue weighted by molar-refractivity contribution is 7.92. The van der Waals surface area contributed by atoms with Crippen LogP contribution < -0.4 is 15.3 Å². The highest BCUT2D eigenvalue weighted by Crippen LogP contribution is 2.25. The highest BCUT2D eigenvalue weighted by atomic mass is 35.5. The summed E-state index contributed by atoms with van der Waals surface area (Å²) in [4.78, 5) is 25.1. The van der Waals surface area contributed by atoms with E-state index in [9.17, 15) is 18.0 Å². The van der Waals surface area contributed by atoms with Gasteiger partial charge in [-0.05, 0) is 54.6 Å². The van der Waals surface area contributed by atoms with Crippen LogP contribution in [0.15, 0.2) is 82.5 Å². The van der Waals surface area contributed by atoms with Crippen LogP contribution in [0.2, 0.25) is 5.02 Å². The van der Waals surface area contributed by atoms with Crippen LogP contribution in [0.5, 0.6) is 0 Å². The van der Waals surface area contributed by atoms with Gasteiger partial charge in [-0.15, -0.1) is 0 Å². The van der Waals surface area contributed by atoms with Gasteiger partial charge in [0.15, 0.2) is 0 Å². The molecule has 0 aliphatic rings. The molecule has 0 saturated carbocycles. The van der Waals surface area contributed by atoms with Crippen LogP contribution in [-0.4, -0.2) is 30.0 Å². The van der Waals surface area contributed by atoms with E-state index < -0.39 is 22.5 Å². The summed E-state index contributed by atoms with van der Waals surface area (Å²) in [5.41, 5.74) is 1.98. The number of halogens is 1. The molecule has 10 heteroatoms. The minimum absolute atomic E-state index is 0.0178. The quantitative estimate of drug-likeness (QED) is 0.454. The van der Waals surface area contributed by atoms with Crippen molar-refractivity contribution in [1.29, 1.82) is 0 Å². The molecule has 0 unspecified atom stereocenters. The maximum Gasteiger partial charge on any atom is 0.328 e. The van der Waals surface area contributed by atoms with Gasteiger partial charge in [-0.3, -0.25) is 18.2 Å². The van der Waals surface area contributed by atoms with E-state index in [1.165, 1.54) is 33.4 Å². The first-order valence-electron chi connectivity index (χ1n) is 9.97. The molecule has 0 radical (unpaired) electrons. The highest BCUT2D eigenvalue weighted by Gasteiger charge is 2.27. The number of anilines is 2. The van der Waals surface area contributed by atoms with Gasteiger partial charge in [-0.2, -0.15) is 0 Å². The van der Waals surface area contributed by atoms with Crippen molar-refractivity contribution < 1.29 is 13.2 Å². The molecule has 0 saturated heterocycles. The summed E-state index contributed by atoms with van der Waals surface area (Å²) in [6.45, 7) is -0.444. The van der Waals surface area contributed by atoms with Gasteiger partial charge in [0.1, 0.15) is 6.54 Å². The first-order valence-corrected chi connectivity index (χ1v) is 11.8. The van der Waals surface area contributed by atoms with E-state index in [-0.39, 0.29) is 10.6 Å². The van der Waals surface area contributed by atoms with Crippen LogP contribution in [-0.2, 0) is 28.9 Å². The number of carbonyl (C=O) groups is 1. The largest absolute Gasteiger partial charge is 0.328 e. The summed E-state index contributed by atoms with van der Waals surface area (Å²) < 4.78 is 30.7. The zero-order chi connectivity index (χ0) is 23.8. The molecule has 4 aromatic rings. The lowest BCUT2D eigenvalue weighted by molar-refractivity contribution is -0.114. The van der Waals surface area contributed by atoms with Gasteiger partial charge in [0.05, 0.1) is 21.6 Å². The topological polar surface area (TPSA) is 93.4 Å². The summed E-state index contributed by atoms with van der Waals surface area (Å²) in [5.74, 6) is -0.531. The normalized spacial score (nSPS) is 11.5. The summed E-state index contributed by atoms with van der Waals surface area (Å²) in [6, 6.07) is 19.2. The van der Waals surface area contributed by atoms with Crippen LogP contribution in [0.1, 0.15) is 0 Å². The molecule has 33 heavy (non-hydrogen) atoms. The molecule has 1 amide bonds. The Hall–Kier alpha value is -3.56. The zero-order valence-corrected chi connectivity index (χ0v) is 19.5. The van der Waals surface area contributed by atoms with Crippen molar-refractivity contribution in [3.63, 3.8) is 0 Å². The fourth-order valence-corrected chi connectivity index (χ4v) is 5.11. The molecule has 1 heterocycles. The molecule has 0 aliphatic carbocycles. The number of hydrogen-bond acceptors (Lipinski definition) is 4. The standard InChI is InChI=1S/C23H21ClN4O4S/c1-26-20-13-10-17(14-21(20)27(2)23(26)30)25-22(29)15-28(18-6-4-3-5-7-18)33(31,32)19-11-8-16(24)9-12-19/h3-14H,15H2,1-2H3,(H,25,29). The third kappa shape index (κ3) is 4.37. The molecule has 0 atom stereocenters. The van der Waals surface area contributed by atoms with Gasteiger partial charge >= 0.3 is 5.69 Å². The Morgan fingerprint density at radius 1 is 0.939 bits per heavy atom. The average Bonchev–Trinajstić information content (AvgIpc) is 3.02. The predicted molar refractivity (Wildman–Crippen MR) is 129 cm³/mol. The number of nitrogens with zero attached hydrogens (tertiary/aromatic N) is 3. The minimum atomic E-state index is -4.04. The van der Waals surface area contributed by atoms with Crippen molar-refractivity contribution in [2.45, 2.75) is 4.90 Å². The lowest BCUT2D eigenvalue weighted by Crippen LogP contribution is -2.38. The molecule has 4 rings (SSSR count). The molecule has 1 N–H and O–H groups in total. The van der Waals surface area contributed by atoms with E-state index in [1.807, 2.05) is 0 Å². The lowest BCUT2D eigenvalue weighted by Gasteiger charge is -2.24. The molecular formula is C23H21ClN4O4S. The number of aryl methyl sites for hydroxylation is 2. The smallest absolute Gasteiger partial charge is 0.324 e. The average molecular weight is 485 g/mol. The maximum atomic E-state index is 13.4. The Labute approximate surface area is 195 Å². The van der Waals surface area contributed by atoms with Gasteiger partial charge in [0.25, 0.3) is 10.0 Å². The van der Waals surface area contributed by atoms with Crippen molar-refractivity contribution >= 4 is 49.9 Å². The number of imidazole rings is 1. The summed E-state index contributed by atoms with van der Waals surface area (Å²) in [6.07, 6.45) is 0. The number of rotatable bonds is 6. The fourth-order valence-electron chi connectivity index (χ4n) is 3.56. The van der Waals surface area contributed by atoms with E-state index in [2.05, 4.69) is 5.32 Å². The van der Waals surface area contributed by atoms with E-state index in [0.29, 0.717) is 21.9 Å². The van der Waals surface area contributed by atoms with Gasteiger partial charge < -0.3 is 5.32 Å². The number of nitrogens with one attached hydrogen (secondary N) is 1. The summed E-state index contributed by atoms with van der Waals surface area (Å²) >= 11 is 5.90. The monoisotopic (exact) mass is 484 g/mol. The number of benzene rings is 3. The Balaban J connectivity index is 1.65. The number of aromatic nitrogens is 2. The summed E-state index contributed by atoms with van der Waals surface area (Å²) in [5, 5.41) is 3.14. The van der Waals surface area contributed by atoms with Gasteiger partial charge in [0.2, 0.25) is 5.91 Å². The van der Waals surface area contributed by atoms with Crippen LogP contribution in [0, 0.1) is 0 Å². The van der Waals surface area contributed by atoms with E-state index >= 15 is 0 Å². The van der Waals surface area contributed by atoms with Crippen molar-refractivity contribution in [3.05, 3.63) is 88.3 Å². The number of fused-ring (bicyclic) bond motifs is 1. The molecule has 1 aromatic heterocycles. The van der Waals surface area contributed by atoms with Gasteiger partial charge in [-0.25, -0.2) is 13.2 Å². The molecule has 3 aromatic carbocycles. The predicted octanol–water partition coefficient (Wildman–Crippen LogP) is 3.36. The SMILES string of the molecule is Cn1c(=O)n(C)c2cc(NC(=O)CN(c3ccccc3)S(=O)(=O)c3ccc(Cl)cc3)ccc21. The number of amides is 1. The van der Waals surface area contributed by atoms with Crippen molar-refractivity contribution in [3.8, 4) is 0 Å². The molecular weight excluding hydrogens is 464 g/mol. The van der Waals surface area contributed by atoms with Gasteiger partial charge in [-0.1, -0.05) is 29.8 Å². The molecule has 0 spiro atoms. The second-order valence-corrected chi connectivity index (χ2v) is 9.75. The van der Waals surface area contributed by atoms with Crippen LogP contribution >= 0.6 is 11.6 Å². The molecule has 170 valence electrons. The Bertz CT molecular complexity index is 1490. The number of sulfonamides is 1. The van der Waals surface area contributed by atoms with Gasteiger partial charge in [0, 0.05) is 24.8 Å². The van der Waals surface area contributed by atoms with Crippen molar-refractivity contribution in [1.82, 2.24) is 9.13 Å². The second kappa shape index (κ2) is 8.76. The first kappa shape index (κ1) is 22.6. The maximum absolute atomic E-state index is 13.4. The van der Waals surface area contributed by atoms with Crippen LogP contribution in [0.25, 0.3) is 11.0 Å². The fraction of sp³-hybridized carbons (Fsp3) is 0.130. The summed E-state index contributed by atoms with van der Waals surface area (Å²) in [7, 11) is -0.723. The third-order valence-corrected chi connectivity index (χ3v) is 7.33. The molecule has 0 bridgehead atoms. The zero-order valence-electron chi connectivity index (χ0n) is 17.9. The van der Waals surface area contributed by atoms with Crippen molar-refractivity contribution in [2.24, 2.45) is 14.1 Å². The van der Waals surface area contributed by atoms with Crippen molar-refractivity contribution in [2.75, 3.05) is 16.2 Å². The van der Waals surface area contributed by atoms with E-state index in [4.69, 9.17) is 11.6 Å². The molecule has 0 aliphatic heterocycles. The van der Waals surface area contributed by atoms with E-state index in [0.717, 1.165) is 9.82 Å².